The molecule has 0 nitrogen and oxygen atoms in total. The Morgan fingerprint density at radius 1 is 1.09 bits per heavy atom. The molecule has 0 aromatic heterocycles. The van der Waals surface area contributed by atoms with Crippen LogP contribution in [0.3, 0.4) is 0 Å². The van der Waals surface area contributed by atoms with Crippen molar-refractivity contribution in [2.45, 2.75) is 58.8 Å². The maximum Gasteiger partial charge on any atom is 0.0249 e. The van der Waals surface area contributed by atoms with Crippen LogP contribution in [0, 0.1) is 23.7 Å². The van der Waals surface area contributed by atoms with Crippen LogP contribution in [-0.4, -0.2) is 0 Å². The molecular weight excluding hydrogens is 276 g/mol. The van der Waals surface area contributed by atoms with Gasteiger partial charge in [0.15, 0.2) is 0 Å². The van der Waals surface area contributed by atoms with Gasteiger partial charge in [-0.05, 0) is 81.1 Å². The lowest BCUT2D eigenvalue weighted by molar-refractivity contribution is 0.312. The van der Waals surface area contributed by atoms with E-state index in [9.17, 15) is 0 Å². The lowest BCUT2D eigenvalue weighted by atomic mass is 9.80. The van der Waals surface area contributed by atoms with Gasteiger partial charge >= 0.3 is 0 Å². The zero-order valence-electron chi connectivity index (χ0n) is 14.7. The van der Waals surface area contributed by atoms with Gasteiger partial charge in [-0.3, -0.25) is 0 Å². The summed E-state index contributed by atoms with van der Waals surface area (Å²) in [5.74, 6) is 8.09. The highest BCUT2D eigenvalue weighted by Gasteiger charge is 2.17. The maximum absolute atomic E-state index is 3.24. The molecule has 2 rings (SSSR count). The van der Waals surface area contributed by atoms with Crippen molar-refractivity contribution in [1.29, 1.82) is 0 Å². The van der Waals surface area contributed by atoms with E-state index in [0.29, 0.717) is 0 Å². The highest BCUT2D eigenvalue weighted by Crippen LogP contribution is 2.31. The number of hydrogen-bond acceptors (Lipinski definition) is 0. The van der Waals surface area contributed by atoms with Gasteiger partial charge in [-0.2, -0.15) is 0 Å². The Balaban J connectivity index is 1.77. The molecule has 0 bridgehead atoms. The molecule has 0 spiro atoms. The van der Waals surface area contributed by atoms with Gasteiger partial charge in [0, 0.05) is 5.56 Å². The summed E-state index contributed by atoms with van der Waals surface area (Å²) in [7, 11) is 0. The van der Waals surface area contributed by atoms with Crippen LogP contribution in [0.4, 0.5) is 0 Å². The SMILES string of the molecule is CC=CCC1CCC(C=CC#Cc2ccc(CCC)cc2)CC1. The maximum atomic E-state index is 3.24. The smallest absolute Gasteiger partial charge is 0.0249 e. The molecule has 1 aromatic rings. The largest absolute Gasteiger partial charge is 0.0917 e. The lowest BCUT2D eigenvalue weighted by Crippen LogP contribution is -2.12. The second kappa shape index (κ2) is 10.1. The molecule has 0 amide bonds. The minimum Gasteiger partial charge on any atom is -0.0917 e. The van der Waals surface area contributed by atoms with E-state index in [-0.39, 0.29) is 0 Å². The molecule has 1 aliphatic rings. The Bertz CT molecular complexity index is 554. The fourth-order valence-corrected chi connectivity index (χ4v) is 3.30. The van der Waals surface area contributed by atoms with Crippen LogP contribution in [0.1, 0.15) is 63.5 Å². The molecule has 0 atom stereocenters. The number of aryl methyl sites for hydroxylation is 1. The normalized spacial score (nSPS) is 21.5. The number of allylic oxidation sites excluding steroid dienone is 4. The van der Waals surface area contributed by atoms with Crippen LogP contribution in [0.2, 0.25) is 0 Å². The van der Waals surface area contributed by atoms with E-state index in [1.54, 1.807) is 0 Å². The van der Waals surface area contributed by atoms with E-state index in [2.05, 4.69) is 74.3 Å². The molecular formula is C23H30. The highest BCUT2D eigenvalue weighted by atomic mass is 14.2. The van der Waals surface area contributed by atoms with Gasteiger partial charge in [0.25, 0.3) is 0 Å². The van der Waals surface area contributed by atoms with Crippen LogP contribution < -0.4 is 0 Å². The summed E-state index contributed by atoms with van der Waals surface area (Å²) < 4.78 is 0. The van der Waals surface area contributed by atoms with Crippen LogP contribution in [-0.2, 0) is 6.42 Å². The van der Waals surface area contributed by atoms with E-state index in [1.807, 2.05) is 0 Å². The summed E-state index contributed by atoms with van der Waals surface area (Å²) in [4.78, 5) is 0. The van der Waals surface area contributed by atoms with Gasteiger partial charge < -0.3 is 0 Å². The minimum atomic E-state index is 0.734. The van der Waals surface area contributed by atoms with Gasteiger partial charge in [0.1, 0.15) is 0 Å². The van der Waals surface area contributed by atoms with Gasteiger partial charge in [-0.15, -0.1) is 0 Å². The van der Waals surface area contributed by atoms with Gasteiger partial charge in [-0.25, -0.2) is 0 Å². The summed E-state index contributed by atoms with van der Waals surface area (Å²) in [6.45, 7) is 4.33. The molecule has 0 saturated heterocycles. The average molecular weight is 306 g/mol. The Hall–Kier alpha value is -1.74. The molecule has 1 fully saturated rings. The van der Waals surface area contributed by atoms with Crippen molar-refractivity contribution >= 4 is 0 Å². The summed E-state index contributed by atoms with van der Waals surface area (Å²) in [5, 5.41) is 0. The highest BCUT2D eigenvalue weighted by molar-refractivity contribution is 5.38. The summed E-state index contributed by atoms with van der Waals surface area (Å²) in [5.41, 5.74) is 2.52. The van der Waals surface area contributed by atoms with Crippen molar-refractivity contribution in [2.24, 2.45) is 11.8 Å². The fourth-order valence-electron chi connectivity index (χ4n) is 3.30. The van der Waals surface area contributed by atoms with E-state index in [0.717, 1.165) is 23.8 Å². The monoisotopic (exact) mass is 306 g/mol. The Labute approximate surface area is 142 Å². The first-order chi connectivity index (χ1) is 11.3. The molecule has 1 aliphatic carbocycles. The Morgan fingerprint density at radius 2 is 1.83 bits per heavy atom. The van der Waals surface area contributed by atoms with Gasteiger partial charge in [0.05, 0.1) is 0 Å². The van der Waals surface area contributed by atoms with Gasteiger partial charge in [0.2, 0.25) is 0 Å². The molecule has 122 valence electrons. The number of rotatable bonds is 5. The molecule has 0 radical (unpaired) electrons. The quantitative estimate of drug-likeness (QED) is 0.441. The molecule has 0 heteroatoms. The van der Waals surface area contributed by atoms with Crippen molar-refractivity contribution in [3.05, 3.63) is 59.7 Å². The van der Waals surface area contributed by atoms with Crippen molar-refractivity contribution in [3.8, 4) is 11.8 Å². The second-order valence-corrected chi connectivity index (χ2v) is 6.66. The first-order valence-electron chi connectivity index (χ1n) is 9.20. The third-order valence-corrected chi connectivity index (χ3v) is 4.76. The van der Waals surface area contributed by atoms with E-state index < -0.39 is 0 Å². The molecule has 1 saturated carbocycles. The average Bonchev–Trinajstić information content (AvgIpc) is 2.59. The Kier molecular flexibility index (Phi) is 7.74. The summed E-state index contributed by atoms with van der Waals surface area (Å²) in [6.07, 6.45) is 17.9. The standard InChI is InChI=1S/C23H30/c1-3-5-9-21-16-18-23(19-17-21)11-7-6-10-22-14-12-20(8-4-2)13-15-22/h3,5,7,11-15,21,23H,4,8-9,16-19H2,1-2H3. The zero-order valence-corrected chi connectivity index (χ0v) is 14.7. The first-order valence-corrected chi connectivity index (χ1v) is 9.20. The van der Waals surface area contributed by atoms with Crippen LogP contribution in [0.25, 0.3) is 0 Å². The number of benzene rings is 1. The second-order valence-electron chi connectivity index (χ2n) is 6.66. The molecule has 0 heterocycles. The lowest BCUT2D eigenvalue weighted by Gasteiger charge is -2.25. The Morgan fingerprint density at radius 3 is 2.48 bits per heavy atom. The van der Waals surface area contributed by atoms with E-state index in [4.69, 9.17) is 0 Å². The predicted molar refractivity (Wildman–Crippen MR) is 101 cm³/mol. The van der Waals surface area contributed by atoms with Gasteiger partial charge in [-0.1, -0.05) is 55.5 Å². The van der Waals surface area contributed by atoms with Crippen molar-refractivity contribution in [2.75, 3.05) is 0 Å². The first kappa shape index (κ1) is 17.6. The molecule has 0 N–H and O–H groups in total. The fraction of sp³-hybridized carbons (Fsp3) is 0.478. The van der Waals surface area contributed by atoms with Crippen LogP contribution >= 0.6 is 0 Å². The summed E-state index contributed by atoms with van der Waals surface area (Å²) in [6, 6.07) is 8.67. The zero-order chi connectivity index (χ0) is 16.3. The van der Waals surface area contributed by atoms with E-state index >= 15 is 0 Å². The minimum absolute atomic E-state index is 0.734. The predicted octanol–water partition coefficient (Wildman–Crippen LogP) is 6.32. The molecule has 23 heavy (non-hydrogen) atoms. The van der Waals surface area contributed by atoms with E-state index in [1.165, 1.54) is 44.1 Å². The van der Waals surface area contributed by atoms with Crippen molar-refractivity contribution in [1.82, 2.24) is 0 Å². The summed E-state index contributed by atoms with van der Waals surface area (Å²) >= 11 is 0. The topological polar surface area (TPSA) is 0 Å². The molecule has 0 unspecified atom stereocenters. The molecule has 1 aromatic carbocycles. The van der Waals surface area contributed by atoms with Crippen LogP contribution in [0.5, 0.6) is 0 Å². The number of hydrogen-bond donors (Lipinski definition) is 0. The third-order valence-electron chi connectivity index (χ3n) is 4.76. The van der Waals surface area contributed by atoms with Crippen molar-refractivity contribution in [3.63, 3.8) is 0 Å². The molecule has 0 aliphatic heterocycles. The third kappa shape index (κ3) is 6.49. The van der Waals surface area contributed by atoms with Crippen LogP contribution in [0.15, 0.2) is 48.6 Å². The van der Waals surface area contributed by atoms with Crippen molar-refractivity contribution < 1.29 is 0 Å².